The number of para-hydroxylation sites is 1. The Labute approximate surface area is 170 Å². The fraction of sp³-hybridized carbons (Fsp3) is 0.136. The maximum Gasteiger partial charge on any atom is 0.261 e. The van der Waals surface area contributed by atoms with Gasteiger partial charge in [-0.15, -0.1) is 0 Å². The monoisotopic (exact) mass is 410 g/mol. The van der Waals surface area contributed by atoms with Gasteiger partial charge in [-0.3, -0.25) is 9.52 Å². The summed E-state index contributed by atoms with van der Waals surface area (Å²) in [6, 6.07) is 19.9. The van der Waals surface area contributed by atoms with Crippen LogP contribution in [-0.4, -0.2) is 21.4 Å². The van der Waals surface area contributed by atoms with Crippen LogP contribution in [0, 0.1) is 0 Å². The predicted octanol–water partition coefficient (Wildman–Crippen LogP) is 4.31. The van der Waals surface area contributed by atoms with Gasteiger partial charge in [0.2, 0.25) is 0 Å². The number of benzene rings is 3. The van der Waals surface area contributed by atoms with Crippen molar-refractivity contribution in [2.45, 2.75) is 18.2 Å². The first-order valence-corrected chi connectivity index (χ1v) is 10.6. The SMILES string of the molecule is CCc1ccccc1NC(=O)c1ccc(S(=O)(=O)Nc2ccc(OC)cc2)cc1. The third-order valence-electron chi connectivity index (χ3n) is 4.42. The molecule has 7 heteroatoms. The van der Waals surface area contributed by atoms with E-state index in [4.69, 9.17) is 4.74 Å². The number of nitrogens with one attached hydrogen (secondary N) is 2. The Balaban J connectivity index is 1.73. The van der Waals surface area contributed by atoms with Crippen molar-refractivity contribution in [1.82, 2.24) is 0 Å². The molecule has 0 bridgehead atoms. The molecule has 0 aliphatic heterocycles. The molecule has 0 saturated carbocycles. The number of methoxy groups -OCH3 is 1. The zero-order chi connectivity index (χ0) is 20.9. The lowest BCUT2D eigenvalue weighted by atomic mass is 10.1. The molecule has 6 nitrogen and oxygen atoms in total. The van der Waals surface area contributed by atoms with Crippen LogP contribution in [0.5, 0.6) is 5.75 Å². The van der Waals surface area contributed by atoms with Crippen molar-refractivity contribution in [2.75, 3.05) is 17.1 Å². The molecule has 29 heavy (non-hydrogen) atoms. The van der Waals surface area contributed by atoms with Gasteiger partial charge < -0.3 is 10.1 Å². The molecule has 0 saturated heterocycles. The van der Waals surface area contributed by atoms with E-state index in [2.05, 4.69) is 10.0 Å². The van der Waals surface area contributed by atoms with Gasteiger partial charge in [0, 0.05) is 16.9 Å². The molecule has 0 fully saturated rings. The molecule has 3 aromatic carbocycles. The summed E-state index contributed by atoms with van der Waals surface area (Å²) in [7, 11) is -2.23. The Hall–Kier alpha value is -3.32. The fourth-order valence-corrected chi connectivity index (χ4v) is 3.86. The topological polar surface area (TPSA) is 84.5 Å². The maximum absolute atomic E-state index is 12.6. The third-order valence-corrected chi connectivity index (χ3v) is 5.81. The summed E-state index contributed by atoms with van der Waals surface area (Å²) in [6.45, 7) is 2.01. The van der Waals surface area contributed by atoms with Crippen LogP contribution in [0.15, 0.2) is 77.7 Å². The van der Waals surface area contributed by atoms with Gasteiger partial charge in [-0.1, -0.05) is 25.1 Å². The van der Waals surface area contributed by atoms with Crippen LogP contribution in [-0.2, 0) is 16.4 Å². The quantitative estimate of drug-likeness (QED) is 0.608. The van der Waals surface area contributed by atoms with Crippen molar-refractivity contribution >= 4 is 27.3 Å². The van der Waals surface area contributed by atoms with Crippen LogP contribution in [0.1, 0.15) is 22.8 Å². The van der Waals surface area contributed by atoms with Crippen LogP contribution in [0.25, 0.3) is 0 Å². The van der Waals surface area contributed by atoms with Gasteiger partial charge in [0.25, 0.3) is 15.9 Å². The average molecular weight is 410 g/mol. The molecule has 0 aromatic heterocycles. The van der Waals surface area contributed by atoms with Gasteiger partial charge in [0.05, 0.1) is 12.0 Å². The standard InChI is InChI=1S/C22H22N2O4S/c1-3-16-6-4-5-7-21(16)23-22(25)17-8-14-20(15-9-17)29(26,27)24-18-10-12-19(28-2)13-11-18/h4-15,24H,3H2,1-2H3,(H,23,25). The second-order valence-electron chi connectivity index (χ2n) is 6.32. The van der Waals surface area contributed by atoms with Crippen LogP contribution in [0.4, 0.5) is 11.4 Å². The van der Waals surface area contributed by atoms with Crippen LogP contribution in [0.3, 0.4) is 0 Å². The Morgan fingerprint density at radius 3 is 2.21 bits per heavy atom. The lowest BCUT2D eigenvalue weighted by Gasteiger charge is -2.11. The van der Waals surface area contributed by atoms with E-state index >= 15 is 0 Å². The molecular formula is C22H22N2O4S. The minimum absolute atomic E-state index is 0.0684. The summed E-state index contributed by atoms with van der Waals surface area (Å²) in [5.41, 5.74) is 2.57. The molecule has 150 valence electrons. The number of hydrogen-bond donors (Lipinski definition) is 2. The van der Waals surface area contributed by atoms with E-state index in [0.717, 1.165) is 17.7 Å². The van der Waals surface area contributed by atoms with E-state index in [0.29, 0.717) is 17.0 Å². The lowest BCUT2D eigenvalue weighted by molar-refractivity contribution is 0.102. The van der Waals surface area contributed by atoms with Crippen molar-refractivity contribution < 1.29 is 17.9 Å². The highest BCUT2D eigenvalue weighted by molar-refractivity contribution is 7.92. The first kappa shape index (κ1) is 20.4. The molecule has 3 aromatic rings. The second-order valence-corrected chi connectivity index (χ2v) is 8.01. The summed E-state index contributed by atoms with van der Waals surface area (Å²) in [5, 5.41) is 2.87. The number of sulfonamides is 1. The van der Waals surface area contributed by atoms with Gasteiger partial charge in [0.15, 0.2) is 0 Å². The second kappa shape index (κ2) is 8.79. The van der Waals surface area contributed by atoms with Crippen molar-refractivity contribution in [3.8, 4) is 5.75 Å². The summed E-state index contributed by atoms with van der Waals surface area (Å²) in [6.07, 6.45) is 0.796. The van der Waals surface area contributed by atoms with Gasteiger partial charge in [-0.2, -0.15) is 0 Å². The molecular weight excluding hydrogens is 388 g/mol. The average Bonchev–Trinajstić information content (AvgIpc) is 2.74. The highest BCUT2D eigenvalue weighted by Gasteiger charge is 2.16. The number of hydrogen-bond acceptors (Lipinski definition) is 4. The summed E-state index contributed by atoms with van der Waals surface area (Å²) < 4.78 is 32.7. The first-order chi connectivity index (χ1) is 13.9. The minimum Gasteiger partial charge on any atom is -0.497 e. The van der Waals surface area contributed by atoms with Crippen molar-refractivity contribution in [2.24, 2.45) is 0 Å². The van der Waals surface area contributed by atoms with Gasteiger partial charge in [0.1, 0.15) is 5.75 Å². The molecule has 2 N–H and O–H groups in total. The fourth-order valence-electron chi connectivity index (χ4n) is 2.80. The van der Waals surface area contributed by atoms with Gasteiger partial charge in [-0.05, 0) is 66.6 Å². The molecule has 0 aliphatic carbocycles. The number of carbonyl (C=O) groups excluding carboxylic acids is 1. The van der Waals surface area contributed by atoms with E-state index in [1.54, 1.807) is 24.3 Å². The molecule has 0 spiro atoms. The van der Waals surface area contributed by atoms with Crippen molar-refractivity contribution in [3.63, 3.8) is 0 Å². The largest absolute Gasteiger partial charge is 0.497 e. The molecule has 3 rings (SSSR count). The third kappa shape index (κ3) is 4.94. The lowest BCUT2D eigenvalue weighted by Crippen LogP contribution is -2.15. The Morgan fingerprint density at radius 1 is 0.931 bits per heavy atom. The van der Waals surface area contributed by atoms with Crippen LogP contribution < -0.4 is 14.8 Å². The van der Waals surface area contributed by atoms with Crippen molar-refractivity contribution in [1.29, 1.82) is 0 Å². The van der Waals surface area contributed by atoms with Gasteiger partial charge >= 0.3 is 0 Å². The molecule has 0 aliphatic rings. The van der Waals surface area contributed by atoms with Crippen molar-refractivity contribution in [3.05, 3.63) is 83.9 Å². The van der Waals surface area contributed by atoms with E-state index in [-0.39, 0.29) is 10.8 Å². The van der Waals surface area contributed by atoms with E-state index < -0.39 is 10.0 Å². The minimum atomic E-state index is -3.77. The van der Waals surface area contributed by atoms with E-state index in [1.807, 2.05) is 31.2 Å². The summed E-state index contributed by atoms with van der Waals surface area (Å²) in [5.74, 6) is 0.339. The highest BCUT2D eigenvalue weighted by atomic mass is 32.2. The summed E-state index contributed by atoms with van der Waals surface area (Å²) in [4.78, 5) is 12.6. The number of carbonyl (C=O) groups is 1. The number of rotatable bonds is 7. The van der Waals surface area contributed by atoms with E-state index in [9.17, 15) is 13.2 Å². The zero-order valence-corrected chi connectivity index (χ0v) is 17.0. The molecule has 0 unspecified atom stereocenters. The van der Waals surface area contributed by atoms with Gasteiger partial charge in [-0.25, -0.2) is 8.42 Å². The number of ether oxygens (including phenoxy) is 1. The smallest absolute Gasteiger partial charge is 0.261 e. The zero-order valence-electron chi connectivity index (χ0n) is 16.2. The number of amides is 1. The van der Waals surface area contributed by atoms with Crippen LogP contribution >= 0.6 is 0 Å². The molecule has 0 radical (unpaired) electrons. The maximum atomic E-state index is 12.6. The number of aryl methyl sites for hydroxylation is 1. The Bertz CT molecular complexity index is 1090. The Morgan fingerprint density at radius 2 is 1.59 bits per heavy atom. The molecule has 1 amide bonds. The number of anilines is 2. The first-order valence-electron chi connectivity index (χ1n) is 9.09. The molecule has 0 atom stereocenters. The predicted molar refractivity (Wildman–Crippen MR) is 114 cm³/mol. The van der Waals surface area contributed by atoms with Crippen LogP contribution in [0.2, 0.25) is 0 Å². The molecule has 0 heterocycles. The Kier molecular flexibility index (Phi) is 6.19. The van der Waals surface area contributed by atoms with E-state index in [1.165, 1.54) is 31.4 Å². The normalized spacial score (nSPS) is 11.0. The summed E-state index contributed by atoms with van der Waals surface area (Å²) >= 11 is 0. The highest BCUT2D eigenvalue weighted by Crippen LogP contribution is 2.21.